The van der Waals surface area contributed by atoms with Gasteiger partial charge >= 0.3 is 6.09 Å². The van der Waals surface area contributed by atoms with Crippen LogP contribution < -0.4 is 5.32 Å². The fourth-order valence-corrected chi connectivity index (χ4v) is 3.25. The average Bonchev–Trinajstić information content (AvgIpc) is 3.10. The average molecular weight is 353 g/mol. The van der Waals surface area contributed by atoms with E-state index in [9.17, 15) is 4.79 Å². The van der Waals surface area contributed by atoms with Gasteiger partial charge in [-0.2, -0.15) is 0 Å². The van der Waals surface area contributed by atoms with Gasteiger partial charge in [0, 0.05) is 6.04 Å². The summed E-state index contributed by atoms with van der Waals surface area (Å²) < 4.78 is 11.3. The molecule has 26 heavy (non-hydrogen) atoms. The summed E-state index contributed by atoms with van der Waals surface area (Å²) in [6.07, 6.45) is 3.58. The molecular formula is C22H27NO3. The van der Waals surface area contributed by atoms with Gasteiger partial charge in [0.15, 0.2) is 0 Å². The Morgan fingerprint density at radius 1 is 1.04 bits per heavy atom. The molecule has 4 nitrogen and oxygen atoms in total. The Bertz CT molecular complexity index is 684. The first kappa shape index (κ1) is 18.5. The molecule has 1 aliphatic rings. The van der Waals surface area contributed by atoms with Crippen LogP contribution in [-0.4, -0.2) is 24.8 Å². The molecule has 1 amide bonds. The highest BCUT2D eigenvalue weighted by atomic mass is 16.5. The van der Waals surface area contributed by atoms with Gasteiger partial charge in [-0.1, -0.05) is 60.2 Å². The normalized spacial score (nSPS) is 19.3. The topological polar surface area (TPSA) is 47.6 Å². The minimum absolute atomic E-state index is 0.141. The number of aryl methyl sites for hydroxylation is 1. The first-order valence-corrected chi connectivity index (χ1v) is 9.33. The summed E-state index contributed by atoms with van der Waals surface area (Å²) in [7, 11) is 0. The third-order valence-electron chi connectivity index (χ3n) is 4.78. The van der Waals surface area contributed by atoms with Crippen LogP contribution in [0.25, 0.3) is 0 Å². The van der Waals surface area contributed by atoms with Gasteiger partial charge in [-0.05, 0) is 43.7 Å². The zero-order valence-electron chi connectivity index (χ0n) is 15.3. The van der Waals surface area contributed by atoms with Crippen molar-refractivity contribution in [1.82, 2.24) is 5.32 Å². The molecule has 1 saturated carbocycles. The summed E-state index contributed by atoms with van der Waals surface area (Å²) in [5, 5.41) is 2.95. The first-order valence-electron chi connectivity index (χ1n) is 9.33. The minimum atomic E-state index is -0.348. The molecule has 2 aromatic rings. The molecule has 0 bridgehead atoms. The van der Waals surface area contributed by atoms with E-state index in [-0.39, 0.29) is 18.2 Å². The number of benzene rings is 2. The number of rotatable bonds is 7. The van der Waals surface area contributed by atoms with Crippen molar-refractivity contribution in [3.8, 4) is 0 Å². The molecule has 1 aliphatic carbocycles. The molecule has 0 radical (unpaired) electrons. The molecule has 4 heteroatoms. The lowest BCUT2D eigenvalue weighted by Gasteiger charge is -2.14. The molecule has 0 heterocycles. The van der Waals surface area contributed by atoms with Crippen LogP contribution in [0.2, 0.25) is 0 Å². The van der Waals surface area contributed by atoms with Crippen LogP contribution in [-0.2, 0) is 22.5 Å². The molecule has 1 N–H and O–H groups in total. The lowest BCUT2D eigenvalue weighted by molar-refractivity contribution is 0.0586. The van der Waals surface area contributed by atoms with Gasteiger partial charge in [0.1, 0.15) is 6.61 Å². The van der Waals surface area contributed by atoms with Gasteiger partial charge in [-0.3, -0.25) is 0 Å². The van der Waals surface area contributed by atoms with E-state index in [1.807, 2.05) is 30.3 Å². The summed E-state index contributed by atoms with van der Waals surface area (Å²) in [4.78, 5) is 11.9. The molecule has 0 aromatic heterocycles. The number of ether oxygens (including phenoxy) is 2. The van der Waals surface area contributed by atoms with Crippen molar-refractivity contribution in [2.24, 2.45) is 0 Å². The highest BCUT2D eigenvalue weighted by Gasteiger charge is 2.26. The Morgan fingerprint density at radius 2 is 1.81 bits per heavy atom. The molecule has 138 valence electrons. The van der Waals surface area contributed by atoms with Crippen molar-refractivity contribution >= 4 is 6.09 Å². The van der Waals surface area contributed by atoms with Crippen LogP contribution in [0.1, 0.15) is 36.0 Å². The first-order chi connectivity index (χ1) is 12.7. The van der Waals surface area contributed by atoms with Gasteiger partial charge in [0.2, 0.25) is 0 Å². The van der Waals surface area contributed by atoms with E-state index in [1.165, 1.54) is 11.1 Å². The molecule has 2 aromatic carbocycles. The molecule has 2 unspecified atom stereocenters. The van der Waals surface area contributed by atoms with Crippen LogP contribution in [0.3, 0.4) is 0 Å². The van der Waals surface area contributed by atoms with Crippen LogP contribution in [0.5, 0.6) is 0 Å². The van der Waals surface area contributed by atoms with Crippen molar-refractivity contribution < 1.29 is 14.3 Å². The molecule has 2 atom stereocenters. The number of amides is 1. The molecule has 3 rings (SSSR count). The molecule has 0 saturated heterocycles. The monoisotopic (exact) mass is 353 g/mol. The summed E-state index contributed by atoms with van der Waals surface area (Å²) in [5.74, 6) is 0. The van der Waals surface area contributed by atoms with Crippen molar-refractivity contribution in [3.05, 3.63) is 71.3 Å². The Hall–Kier alpha value is -2.33. The summed E-state index contributed by atoms with van der Waals surface area (Å²) in [6.45, 7) is 3.12. The Balaban J connectivity index is 1.32. The molecule has 0 spiro atoms. The van der Waals surface area contributed by atoms with Gasteiger partial charge in [-0.25, -0.2) is 4.79 Å². The van der Waals surface area contributed by atoms with E-state index in [4.69, 9.17) is 9.47 Å². The van der Waals surface area contributed by atoms with Gasteiger partial charge in [-0.15, -0.1) is 0 Å². The van der Waals surface area contributed by atoms with Crippen LogP contribution in [0, 0.1) is 6.92 Å². The summed E-state index contributed by atoms with van der Waals surface area (Å²) >= 11 is 0. The maximum absolute atomic E-state index is 11.9. The fraction of sp³-hybridized carbons (Fsp3) is 0.409. The second-order valence-corrected chi connectivity index (χ2v) is 6.94. The van der Waals surface area contributed by atoms with Crippen LogP contribution in [0.4, 0.5) is 4.79 Å². The lowest BCUT2D eigenvalue weighted by atomic mass is 10.1. The zero-order chi connectivity index (χ0) is 18.2. The predicted octanol–water partition coefficient (Wildman–Crippen LogP) is 4.40. The van der Waals surface area contributed by atoms with Crippen molar-refractivity contribution in [2.75, 3.05) is 6.61 Å². The van der Waals surface area contributed by atoms with E-state index >= 15 is 0 Å². The lowest BCUT2D eigenvalue weighted by Crippen LogP contribution is -2.33. The number of carbonyl (C=O) groups excluding carboxylic acids is 1. The highest BCUT2D eigenvalue weighted by Crippen LogP contribution is 2.22. The smallest absolute Gasteiger partial charge is 0.407 e. The maximum Gasteiger partial charge on any atom is 0.407 e. The molecular weight excluding hydrogens is 326 g/mol. The van der Waals surface area contributed by atoms with Crippen LogP contribution in [0.15, 0.2) is 54.6 Å². The van der Waals surface area contributed by atoms with Crippen molar-refractivity contribution in [1.29, 1.82) is 0 Å². The van der Waals surface area contributed by atoms with Gasteiger partial charge < -0.3 is 14.8 Å². The van der Waals surface area contributed by atoms with E-state index < -0.39 is 0 Å². The SMILES string of the molecule is Cc1ccc(CCOC2CCC(NC(=O)OCc3ccccc3)C2)cc1. The highest BCUT2D eigenvalue weighted by molar-refractivity contribution is 5.67. The third-order valence-corrected chi connectivity index (χ3v) is 4.78. The second-order valence-electron chi connectivity index (χ2n) is 6.94. The number of nitrogens with one attached hydrogen (secondary N) is 1. The Kier molecular flexibility index (Phi) is 6.67. The quantitative estimate of drug-likeness (QED) is 0.802. The third kappa shape index (κ3) is 5.88. The summed E-state index contributed by atoms with van der Waals surface area (Å²) in [6, 6.07) is 18.4. The van der Waals surface area contributed by atoms with E-state index in [1.54, 1.807) is 0 Å². The van der Waals surface area contributed by atoms with Crippen molar-refractivity contribution in [3.63, 3.8) is 0 Å². The molecule has 0 aliphatic heterocycles. The van der Waals surface area contributed by atoms with E-state index in [0.29, 0.717) is 6.61 Å². The zero-order valence-corrected chi connectivity index (χ0v) is 15.3. The number of alkyl carbamates (subject to hydrolysis) is 1. The van der Waals surface area contributed by atoms with Crippen LogP contribution >= 0.6 is 0 Å². The Labute approximate surface area is 155 Å². The molecule has 1 fully saturated rings. The van der Waals surface area contributed by atoms with Gasteiger partial charge in [0.25, 0.3) is 0 Å². The maximum atomic E-state index is 11.9. The fourth-order valence-electron chi connectivity index (χ4n) is 3.25. The number of hydrogen-bond donors (Lipinski definition) is 1. The summed E-state index contributed by atoms with van der Waals surface area (Å²) in [5.41, 5.74) is 3.57. The van der Waals surface area contributed by atoms with Crippen molar-refractivity contribution in [2.45, 2.75) is 51.4 Å². The largest absolute Gasteiger partial charge is 0.445 e. The standard InChI is InChI=1S/C22H27NO3/c1-17-7-9-18(10-8-17)13-14-25-21-12-11-20(15-21)23-22(24)26-16-19-5-3-2-4-6-19/h2-10,20-21H,11-16H2,1H3,(H,23,24). The second kappa shape index (κ2) is 9.39. The van der Waals surface area contributed by atoms with Gasteiger partial charge in [0.05, 0.1) is 12.7 Å². The number of hydrogen-bond acceptors (Lipinski definition) is 3. The van der Waals surface area contributed by atoms with E-state index in [0.717, 1.165) is 37.9 Å². The van der Waals surface area contributed by atoms with E-state index in [2.05, 4.69) is 36.5 Å². The Morgan fingerprint density at radius 3 is 2.58 bits per heavy atom. The predicted molar refractivity (Wildman–Crippen MR) is 102 cm³/mol. The number of carbonyl (C=O) groups is 1. The minimum Gasteiger partial charge on any atom is -0.445 e.